The van der Waals surface area contributed by atoms with Crippen molar-refractivity contribution in [2.45, 2.75) is 56.9 Å². The van der Waals surface area contributed by atoms with E-state index in [4.69, 9.17) is 5.14 Å². The van der Waals surface area contributed by atoms with Crippen LogP contribution in [0.4, 0.5) is 0 Å². The minimum absolute atomic E-state index is 0.0142. The van der Waals surface area contributed by atoms with Gasteiger partial charge in [-0.1, -0.05) is 38.3 Å². The molecule has 118 valence electrons. The van der Waals surface area contributed by atoms with Crippen LogP contribution in [0.2, 0.25) is 0 Å². The van der Waals surface area contributed by atoms with Crippen LogP contribution in [-0.4, -0.2) is 14.3 Å². The minimum Gasteiger partial charge on any atom is -0.350 e. The summed E-state index contributed by atoms with van der Waals surface area (Å²) in [7, 11) is -3.72. The summed E-state index contributed by atoms with van der Waals surface area (Å²) in [6, 6.07) is 6.09. The summed E-state index contributed by atoms with van der Waals surface area (Å²) in [5, 5.41) is 7.98. The molecule has 0 aliphatic carbocycles. The van der Waals surface area contributed by atoms with E-state index in [1.165, 1.54) is 12.1 Å². The first-order valence-corrected chi connectivity index (χ1v) is 8.81. The highest BCUT2D eigenvalue weighted by Gasteiger charge is 2.13. The Bertz CT molecular complexity index is 570. The number of sulfonamides is 1. The quantitative estimate of drug-likeness (QED) is 0.723. The van der Waals surface area contributed by atoms with E-state index in [-0.39, 0.29) is 16.8 Å². The number of nitrogens with two attached hydrogens (primary N) is 1. The first-order valence-electron chi connectivity index (χ1n) is 7.26. The summed E-state index contributed by atoms with van der Waals surface area (Å²) >= 11 is 0. The molecule has 21 heavy (non-hydrogen) atoms. The van der Waals surface area contributed by atoms with Crippen molar-refractivity contribution in [2.24, 2.45) is 5.14 Å². The van der Waals surface area contributed by atoms with Crippen LogP contribution in [0.1, 0.15) is 57.6 Å². The third-order valence-electron chi connectivity index (χ3n) is 3.32. The maximum Gasteiger partial charge on any atom is 0.238 e. The Balaban J connectivity index is 2.59. The average Bonchev–Trinajstić information content (AvgIpc) is 2.43. The van der Waals surface area contributed by atoms with Crippen LogP contribution >= 0.6 is 0 Å². The van der Waals surface area contributed by atoms with E-state index < -0.39 is 10.0 Å². The van der Waals surface area contributed by atoms with Crippen molar-refractivity contribution in [1.29, 1.82) is 0 Å². The van der Waals surface area contributed by atoms with Gasteiger partial charge in [-0.05, 0) is 31.0 Å². The molecule has 5 nitrogen and oxygen atoms in total. The average molecular weight is 312 g/mol. The molecular formula is C15H24N2O3S. The van der Waals surface area contributed by atoms with Crippen LogP contribution in [0.25, 0.3) is 0 Å². The minimum atomic E-state index is -3.72. The fraction of sp³-hybridized carbons (Fsp3) is 0.533. The summed E-state index contributed by atoms with van der Waals surface area (Å²) in [6.45, 7) is 3.95. The lowest BCUT2D eigenvalue weighted by Crippen LogP contribution is -2.26. The molecule has 0 fully saturated rings. The van der Waals surface area contributed by atoms with Crippen molar-refractivity contribution in [3.63, 3.8) is 0 Å². The number of nitrogens with one attached hydrogen (secondary N) is 1. The number of primary sulfonamides is 1. The van der Waals surface area contributed by atoms with Crippen LogP contribution in [0.3, 0.4) is 0 Å². The molecule has 0 bridgehead atoms. The van der Waals surface area contributed by atoms with E-state index in [1.807, 2.05) is 6.92 Å². The van der Waals surface area contributed by atoms with Crippen LogP contribution in [-0.2, 0) is 14.8 Å². The molecule has 1 atom stereocenters. The topological polar surface area (TPSA) is 89.3 Å². The lowest BCUT2D eigenvalue weighted by atomic mass is 10.1. The van der Waals surface area contributed by atoms with E-state index in [0.29, 0.717) is 6.42 Å². The molecule has 1 aromatic rings. The highest BCUT2D eigenvalue weighted by molar-refractivity contribution is 7.89. The standard InChI is InChI=1S/C15H24N2O3S/c1-3-4-5-6-10-15(18)17-12(2)13-8-7-9-14(11-13)21(16,19)20/h7-9,11-12H,3-6,10H2,1-2H3,(H,17,18)(H2,16,19,20). The van der Waals surface area contributed by atoms with Gasteiger partial charge in [-0.2, -0.15) is 0 Å². The zero-order chi connectivity index (χ0) is 15.9. The second kappa shape index (κ2) is 8.14. The maximum atomic E-state index is 11.8. The molecular weight excluding hydrogens is 288 g/mol. The lowest BCUT2D eigenvalue weighted by Gasteiger charge is -2.15. The Morgan fingerprint density at radius 3 is 2.62 bits per heavy atom. The van der Waals surface area contributed by atoms with Gasteiger partial charge in [0.2, 0.25) is 15.9 Å². The second-order valence-corrected chi connectivity index (χ2v) is 6.78. The highest BCUT2D eigenvalue weighted by Crippen LogP contribution is 2.17. The number of carbonyl (C=O) groups excluding carboxylic acids is 1. The van der Waals surface area contributed by atoms with Gasteiger partial charge >= 0.3 is 0 Å². The first-order chi connectivity index (χ1) is 9.84. The number of carbonyl (C=O) groups is 1. The fourth-order valence-corrected chi connectivity index (χ4v) is 2.64. The molecule has 0 spiro atoms. The molecule has 0 aliphatic heterocycles. The van der Waals surface area contributed by atoms with Crippen molar-refractivity contribution < 1.29 is 13.2 Å². The third-order valence-corrected chi connectivity index (χ3v) is 4.23. The van der Waals surface area contributed by atoms with E-state index in [9.17, 15) is 13.2 Å². The first kappa shape index (κ1) is 17.7. The van der Waals surface area contributed by atoms with Crippen molar-refractivity contribution in [3.05, 3.63) is 29.8 Å². The summed E-state index contributed by atoms with van der Waals surface area (Å²) in [4.78, 5) is 11.9. The molecule has 0 radical (unpaired) electrons. The Hall–Kier alpha value is -1.40. The van der Waals surface area contributed by atoms with E-state index in [2.05, 4.69) is 12.2 Å². The van der Waals surface area contributed by atoms with Crippen molar-refractivity contribution in [2.75, 3.05) is 0 Å². The molecule has 6 heteroatoms. The SMILES string of the molecule is CCCCCCC(=O)NC(C)c1cccc(S(N)(=O)=O)c1. The summed E-state index contributed by atoms with van der Waals surface area (Å²) in [5.74, 6) is -0.0142. The monoisotopic (exact) mass is 312 g/mol. The van der Waals surface area contributed by atoms with Crippen LogP contribution in [0.5, 0.6) is 0 Å². The number of benzene rings is 1. The van der Waals surface area contributed by atoms with Crippen LogP contribution in [0.15, 0.2) is 29.2 Å². The third kappa shape index (κ3) is 6.27. The van der Waals surface area contributed by atoms with Gasteiger partial charge < -0.3 is 5.32 Å². The molecule has 0 heterocycles. The number of amides is 1. The molecule has 0 aromatic heterocycles. The summed E-state index contributed by atoms with van der Waals surface area (Å²) in [6.07, 6.45) is 4.71. The number of unbranched alkanes of at least 4 members (excludes halogenated alkanes) is 3. The van der Waals surface area contributed by atoms with E-state index in [1.54, 1.807) is 12.1 Å². The fourth-order valence-electron chi connectivity index (χ4n) is 2.07. The Kier molecular flexibility index (Phi) is 6.84. The van der Waals surface area contributed by atoms with Gasteiger partial charge in [0.25, 0.3) is 0 Å². The van der Waals surface area contributed by atoms with Gasteiger partial charge in [-0.15, -0.1) is 0 Å². The zero-order valence-electron chi connectivity index (χ0n) is 12.6. The molecule has 1 rings (SSSR count). The van der Waals surface area contributed by atoms with Crippen molar-refractivity contribution >= 4 is 15.9 Å². The zero-order valence-corrected chi connectivity index (χ0v) is 13.4. The Morgan fingerprint density at radius 1 is 1.29 bits per heavy atom. The van der Waals surface area contributed by atoms with Gasteiger partial charge in [0.1, 0.15) is 0 Å². The molecule has 0 aliphatic rings. The molecule has 1 amide bonds. The smallest absolute Gasteiger partial charge is 0.238 e. The molecule has 0 saturated carbocycles. The van der Waals surface area contributed by atoms with Gasteiger partial charge in [-0.25, -0.2) is 13.6 Å². The lowest BCUT2D eigenvalue weighted by molar-refractivity contribution is -0.121. The molecule has 1 unspecified atom stereocenters. The predicted octanol–water partition coefficient (Wildman–Crippen LogP) is 2.48. The van der Waals surface area contributed by atoms with Crippen LogP contribution in [0, 0.1) is 0 Å². The second-order valence-electron chi connectivity index (χ2n) is 5.22. The number of hydrogen-bond acceptors (Lipinski definition) is 3. The number of hydrogen-bond donors (Lipinski definition) is 2. The Morgan fingerprint density at radius 2 is 2.00 bits per heavy atom. The Labute approximate surface area is 127 Å². The van der Waals surface area contributed by atoms with Gasteiger partial charge in [0.05, 0.1) is 10.9 Å². The maximum absolute atomic E-state index is 11.8. The normalized spacial score (nSPS) is 12.9. The molecule has 1 aromatic carbocycles. The summed E-state index contributed by atoms with van der Waals surface area (Å²) < 4.78 is 22.6. The van der Waals surface area contributed by atoms with Crippen LogP contribution < -0.4 is 10.5 Å². The molecule has 3 N–H and O–H groups in total. The van der Waals surface area contributed by atoms with Gasteiger partial charge in [0.15, 0.2) is 0 Å². The predicted molar refractivity (Wildman–Crippen MR) is 83.1 cm³/mol. The number of rotatable bonds is 8. The van der Waals surface area contributed by atoms with Gasteiger partial charge in [0, 0.05) is 6.42 Å². The van der Waals surface area contributed by atoms with E-state index >= 15 is 0 Å². The van der Waals surface area contributed by atoms with Crippen molar-refractivity contribution in [1.82, 2.24) is 5.32 Å². The van der Waals surface area contributed by atoms with E-state index in [0.717, 1.165) is 31.2 Å². The highest BCUT2D eigenvalue weighted by atomic mass is 32.2. The van der Waals surface area contributed by atoms with Gasteiger partial charge in [-0.3, -0.25) is 4.79 Å². The summed E-state index contributed by atoms with van der Waals surface area (Å²) in [5.41, 5.74) is 0.725. The molecule has 0 saturated heterocycles. The largest absolute Gasteiger partial charge is 0.350 e. The van der Waals surface area contributed by atoms with Crippen molar-refractivity contribution in [3.8, 4) is 0 Å².